The number of sulfone groups is 1. The second kappa shape index (κ2) is 9.09. The maximum atomic E-state index is 12.5. The van der Waals surface area contributed by atoms with Crippen molar-refractivity contribution in [2.24, 2.45) is 0 Å². The summed E-state index contributed by atoms with van der Waals surface area (Å²) in [5.41, 5.74) is 0.204. The van der Waals surface area contributed by atoms with E-state index in [-0.39, 0.29) is 23.1 Å². The number of amides is 1. The minimum atomic E-state index is -3.11. The highest BCUT2D eigenvalue weighted by molar-refractivity contribution is 7.91. The average Bonchev–Trinajstić information content (AvgIpc) is 3.07. The van der Waals surface area contributed by atoms with Gasteiger partial charge < -0.3 is 14.4 Å². The van der Waals surface area contributed by atoms with E-state index >= 15 is 0 Å². The third kappa shape index (κ3) is 5.35. The van der Waals surface area contributed by atoms with Crippen LogP contribution in [0.5, 0.6) is 11.5 Å². The molecule has 8 heteroatoms. The van der Waals surface area contributed by atoms with Gasteiger partial charge in [-0.15, -0.1) is 0 Å². The zero-order chi connectivity index (χ0) is 20.9. The molecule has 1 aliphatic rings. The van der Waals surface area contributed by atoms with Gasteiger partial charge in [0.2, 0.25) is 0 Å². The molecule has 1 atom stereocenters. The van der Waals surface area contributed by atoms with E-state index in [1.165, 1.54) is 4.90 Å². The SMILES string of the molecule is CCN(C(=O)COC(=O)c1ccccc1Oc1ccccc1)[C@H]1CCS(=O)(=O)C1. The highest BCUT2D eigenvalue weighted by Gasteiger charge is 2.34. The third-order valence-corrected chi connectivity index (χ3v) is 6.47. The molecule has 0 N–H and O–H groups in total. The molecular formula is C21H23NO6S. The van der Waals surface area contributed by atoms with Crippen molar-refractivity contribution in [3.63, 3.8) is 0 Å². The molecule has 0 aliphatic carbocycles. The number of hydrogen-bond acceptors (Lipinski definition) is 6. The number of para-hydroxylation sites is 2. The second-order valence-corrected chi connectivity index (χ2v) is 8.95. The molecule has 1 amide bonds. The first-order valence-electron chi connectivity index (χ1n) is 9.38. The standard InChI is InChI=1S/C21H23NO6S/c1-2-22(16-12-13-29(25,26)15-16)20(23)14-27-21(24)18-10-6-7-11-19(18)28-17-8-4-3-5-9-17/h3-11,16H,2,12-15H2,1H3/t16-/m0/s1. The van der Waals surface area contributed by atoms with Crippen molar-refractivity contribution < 1.29 is 27.5 Å². The Hall–Kier alpha value is -2.87. The number of benzene rings is 2. The highest BCUT2D eigenvalue weighted by atomic mass is 32.2. The summed E-state index contributed by atoms with van der Waals surface area (Å²) in [6.45, 7) is 1.67. The van der Waals surface area contributed by atoms with Crippen LogP contribution in [0.2, 0.25) is 0 Å². The van der Waals surface area contributed by atoms with Gasteiger partial charge in [-0.2, -0.15) is 0 Å². The molecule has 1 saturated heterocycles. The largest absolute Gasteiger partial charge is 0.456 e. The maximum absolute atomic E-state index is 12.5. The van der Waals surface area contributed by atoms with E-state index in [1.54, 1.807) is 43.3 Å². The first kappa shape index (κ1) is 20.9. The van der Waals surface area contributed by atoms with Gasteiger partial charge >= 0.3 is 5.97 Å². The van der Waals surface area contributed by atoms with Crippen molar-refractivity contribution in [3.05, 3.63) is 60.2 Å². The normalized spacial score (nSPS) is 17.5. The Morgan fingerprint density at radius 3 is 2.41 bits per heavy atom. The van der Waals surface area contributed by atoms with Gasteiger partial charge in [0.25, 0.3) is 5.91 Å². The molecule has 2 aromatic carbocycles. The fraction of sp³-hybridized carbons (Fsp3) is 0.333. The van der Waals surface area contributed by atoms with Gasteiger partial charge in [-0.25, -0.2) is 13.2 Å². The molecule has 1 fully saturated rings. The molecule has 0 unspecified atom stereocenters. The smallest absolute Gasteiger partial charge is 0.342 e. The van der Waals surface area contributed by atoms with Crippen LogP contribution < -0.4 is 4.74 Å². The average molecular weight is 417 g/mol. The molecule has 1 aliphatic heterocycles. The highest BCUT2D eigenvalue weighted by Crippen LogP contribution is 2.25. The van der Waals surface area contributed by atoms with Crippen molar-refractivity contribution in [1.82, 2.24) is 4.90 Å². The van der Waals surface area contributed by atoms with Crippen molar-refractivity contribution in [2.45, 2.75) is 19.4 Å². The van der Waals surface area contributed by atoms with E-state index in [9.17, 15) is 18.0 Å². The molecule has 2 aromatic rings. The number of rotatable bonds is 7. The lowest BCUT2D eigenvalue weighted by molar-refractivity contribution is -0.136. The van der Waals surface area contributed by atoms with Gasteiger partial charge in [0.05, 0.1) is 11.5 Å². The Morgan fingerprint density at radius 1 is 1.07 bits per heavy atom. The summed E-state index contributed by atoms with van der Waals surface area (Å²) < 4.78 is 34.3. The van der Waals surface area contributed by atoms with E-state index in [0.717, 1.165) is 0 Å². The van der Waals surface area contributed by atoms with Crippen molar-refractivity contribution in [3.8, 4) is 11.5 Å². The summed E-state index contributed by atoms with van der Waals surface area (Å²) in [5.74, 6) is -0.169. The first-order chi connectivity index (χ1) is 13.9. The van der Waals surface area contributed by atoms with E-state index < -0.39 is 28.3 Å². The van der Waals surface area contributed by atoms with Gasteiger partial charge in [-0.3, -0.25) is 4.79 Å². The number of esters is 1. The van der Waals surface area contributed by atoms with Crippen molar-refractivity contribution in [1.29, 1.82) is 0 Å². The molecule has 3 rings (SSSR count). The molecule has 0 aromatic heterocycles. The van der Waals surface area contributed by atoms with Crippen molar-refractivity contribution in [2.75, 3.05) is 24.7 Å². The molecule has 154 valence electrons. The molecular weight excluding hydrogens is 394 g/mol. The summed E-state index contributed by atoms with van der Waals surface area (Å²) >= 11 is 0. The van der Waals surface area contributed by atoms with Gasteiger partial charge in [0.1, 0.15) is 17.1 Å². The number of hydrogen-bond donors (Lipinski definition) is 0. The second-order valence-electron chi connectivity index (χ2n) is 6.72. The van der Waals surface area contributed by atoms with E-state index in [4.69, 9.17) is 9.47 Å². The summed E-state index contributed by atoms with van der Waals surface area (Å²) in [6, 6.07) is 15.3. The van der Waals surface area contributed by atoms with Gasteiger partial charge in [-0.05, 0) is 37.6 Å². The Morgan fingerprint density at radius 2 is 1.76 bits per heavy atom. The fourth-order valence-electron chi connectivity index (χ4n) is 3.29. The minimum Gasteiger partial charge on any atom is -0.456 e. The van der Waals surface area contributed by atoms with Crippen LogP contribution in [-0.4, -0.2) is 55.9 Å². The van der Waals surface area contributed by atoms with Crippen LogP contribution in [-0.2, 0) is 19.4 Å². The predicted molar refractivity (Wildman–Crippen MR) is 108 cm³/mol. The summed E-state index contributed by atoms with van der Waals surface area (Å²) in [7, 11) is -3.11. The van der Waals surface area contributed by atoms with E-state index in [2.05, 4.69) is 0 Å². The Bertz CT molecular complexity index is 974. The number of carbonyl (C=O) groups is 2. The molecule has 7 nitrogen and oxygen atoms in total. The topological polar surface area (TPSA) is 90.0 Å². The third-order valence-electron chi connectivity index (χ3n) is 4.71. The van der Waals surface area contributed by atoms with Gasteiger partial charge in [0, 0.05) is 12.6 Å². The molecule has 0 spiro atoms. The van der Waals surface area contributed by atoms with Crippen LogP contribution in [0.1, 0.15) is 23.7 Å². The number of nitrogens with zero attached hydrogens (tertiary/aromatic N) is 1. The summed E-state index contributed by atoms with van der Waals surface area (Å²) in [6.07, 6.45) is 0.406. The minimum absolute atomic E-state index is 0.0473. The Kier molecular flexibility index (Phi) is 6.53. The molecule has 29 heavy (non-hydrogen) atoms. The maximum Gasteiger partial charge on any atom is 0.342 e. The van der Waals surface area contributed by atoms with Crippen LogP contribution >= 0.6 is 0 Å². The van der Waals surface area contributed by atoms with Crippen LogP contribution in [0, 0.1) is 0 Å². The molecule has 1 heterocycles. The number of ether oxygens (including phenoxy) is 2. The molecule has 0 saturated carbocycles. The van der Waals surface area contributed by atoms with Crippen LogP contribution in [0.15, 0.2) is 54.6 Å². The lowest BCUT2D eigenvalue weighted by Crippen LogP contribution is -2.43. The van der Waals surface area contributed by atoms with Crippen LogP contribution in [0.25, 0.3) is 0 Å². The summed E-state index contributed by atoms with van der Waals surface area (Å²) in [5, 5.41) is 0. The lowest BCUT2D eigenvalue weighted by Gasteiger charge is -2.26. The van der Waals surface area contributed by atoms with Crippen LogP contribution in [0.3, 0.4) is 0 Å². The van der Waals surface area contributed by atoms with Gasteiger partial charge in [-0.1, -0.05) is 30.3 Å². The molecule has 0 bridgehead atoms. The monoisotopic (exact) mass is 417 g/mol. The fourth-order valence-corrected chi connectivity index (χ4v) is 5.02. The number of carbonyl (C=O) groups excluding carboxylic acids is 2. The van der Waals surface area contributed by atoms with Crippen molar-refractivity contribution >= 4 is 21.7 Å². The zero-order valence-electron chi connectivity index (χ0n) is 16.1. The zero-order valence-corrected chi connectivity index (χ0v) is 16.9. The quantitative estimate of drug-likeness (QED) is 0.644. The first-order valence-corrected chi connectivity index (χ1v) is 11.2. The lowest BCUT2D eigenvalue weighted by atomic mass is 10.2. The Balaban J connectivity index is 1.64. The Labute approximate surface area is 170 Å². The number of likely N-dealkylation sites (N-methyl/N-ethyl adjacent to an activating group) is 1. The summed E-state index contributed by atoms with van der Waals surface area (Å²) in [4.78, 5) is 26.5. The van der Waals surface area contributed by atoms with E-state index in [1.807, 2.05) is 18.2 Å². The van der Waals surface area contributed by atoms with E-state index in [0.29, 0.717) is 24.5 Å². The molecule has 0 radical (unpaired) electrons. The van der Waals surface area contributed by atoms with Crippen LogP contribution in [0.4, 0.5) is 0 Å². The van der Waals surface area contributed by atoms with Gasteiger partial charge in [0.15, 0.2) is 16.4 Å². The predicted octanol–water partition coefficient (Wildman–Crippen LogP) is 2.67.